The maximum Gasteiger partial charge on any atom is 0.424 e. The van der Waals surface area contributed by atoms with Gasteiger partial charge in [-0.25, -0.2) is 0 Å². The molecule has 0 aliphatic rings. The minimum Gasteiger partial charge on any atom is -0.351 e. The summed E-state index contributed by atoms with van der Waals surface area (Å²) in [5, 5.41) is 10.2. The van der Waals surface area contributed by atoms with Gasteiger partial charge in [0, 0.05) is 13.2 Å². The molecule has 1 aromatic heterocycles. The third kappa shape index (κ3) is 1.79. The van der Waals surface area contributed by atoms with Crippen molar-refractivity contribution in [1.29, 1.82) is 0 Å². The highest BCUT2D eigenvalue weighted by Crippen LogP contribution is 2.36. The van der Waals surface area contributed by atoms with Gasteiger partial charge >= 0.3 is 6.18 Å². The lowest BCUT2D eigenvalue weighted by Gasteiger charge is -2.01. The van der Waals surface area contributed by atoms with E-state index in [0.29, 0.717) is 6.20 Å². The molecule has 0 fully saturated rings. The minimum atomic E-state index is -4.68. The van der Waals surface area contributed by atoms with Crippen LogP contribution < -0.4 is 0 Å². The second kappa shape index (κ2) is 2.75. The largest absolute Gasteiger partial charge is 0.424 e. The molecule has 0 atom stereocenters. The lowest BCUT2D eigenvalue weighted by Crippen LogP contribution is -2.06. The summed E-state index contributed by atoms with van der Waals surface area (Å²) in [6.07, 6.45) is -3.18. The van der Waals surface area contributed by atoms with Gasteiger partial charge in [0.1, 0.15) is 0 Å². The number of nitrogens with zero attached hydrogens (tertiary/aromatic N) is 2. The molecule has 13 heavy (non-hydrogen) atoms. The summed E-state index contributed by atoms with van der Waals surface area (Å²) in [4.78, 5) is 9.12. The summed E-state index contributed by atoms with van der Waals surface area (Å²) in [5.41, 5.74) is -2.14. The summed E-state index contributed by atoms with van der Waals surface area (Å²) < 4.78 is 37.3. The Kier molecular flexibility index (Phi) is 2.02. The molecule has 0 saturated heterocycles. The Balaban J connectivity index is 3.28. The van der Waals surface area contributed by atoms with E-state index in [-0.39, 0.29) is 0 Å². The van der Waals surface area contributed by atoms with Crippen LogP contribution in [0.3, 0.4) is 0 Å². The Labute approximate surface area is 70.7 Å². The van der Waals surface area contributed by atoms with Gasteiger partial charge < -0.3 is 4.57 Å². The standard InChI is InChI=1S/C6H5F3N2O2/c1-10-2-4(6(7,8)9)5(3-10)11(12)13/h2-3H,1H3. The van der Waals surface area contributed by atoms with E-state index in [2.05, 4.69) is 0 Å². The highest BCUT2D eigenvalue weighted by Gasteiger charge is 2.39. The predicted molar refractivity (Wildman–Crippen MR) is 37.1 cm³/mol. The van der Waals surface area contributed by atoms with Crippen LogP contribution in [-0.2, 0) is 13.2 Å². The molecule has 1 rings (SSSR count). The monoisotopic (exact) mass is 194 g/mol. The summed E-state index contributed by atoms with van der Waals surface area (Å²) >= 11 is 0. The average molecular weight is 194 g/mol. The van der Waals surface area contributed by atoms with Gasteiger partial charge in [-0.3, -0.25) is 10.1 Å². The van der Waals surface area contributed by atoms with Gasteiger partial charge in [-0.1, -0.05) is 0 Å². The second-order valence-electron chi connectivity index (χ2n) is 2.48. The van der Waals surface area contributed by atoms with Gasteiger partial charge in [-0.05, 0) is 0 Å². The van der Waals surface area contributed by atoms with E-state index in [1.807, 2.05) is 0 Å². The fourth-order valence-corrected chi connectivity index (χ4v) is 0.933. The molecular formula is C6H5F3N2O2. The van der Waals surface area contributed by atoms with Crippen LogP contribution in [0.4, 0.5) is 18.9 Å². The number of nitro groups is 1. The van der Waals surface area contributed by atoms with Crippen molar-refractivity contribution in [3.63, 3.8) is 0 Å². The topological polar surface area (TPSA) is 48.1 Å². The zero-order valence-corrected chi connectivity index (χ0v) is 6.50. The normalized spacial score (nSPS) is 11.7. The van der Waals surface area contributed by atoms with E-state index in [1.165, 1.54) is 7.05 Å². The fraction of sp³-hybridized carbons (Fsp3) is 0.333. The molecule has 0 radical (unpaired) electrons. The third-order valence-corrected chi connectivity index (χ3v) is 1.44. The van der Waals surface area contributed by atoms with Gasteiger partial charge in [0.05, 0.1) is 11.1 Å². The van der Waals surface area contributed by atoms with Crippen LogP contribution in [0.5, 0.6) is 0 Å². The number of rotatable bonds is 1. The third-order valence-electron chi connectivity index (χ3n) is 1.44. The van der Waals surface area contributed by atoms with Crippen LogP contribution in [-0.4, -0.2) is 9.49 Å². The maximum absolute atomic E-state index is 12.1. The zero-order valence-electron chi connectivity index (χ0n) is 6.50. The Hall–Kier alpha value is -1.53. The molecule has 0 saturated carbocycles. The first kappa shape index (κ1) is 9.56. The number of aromatic nitrogens is 1. The van der Waals surface area contributed by atoms with Crippen molar-refractivity contribution in [2.75, 3.05) is 0 Å². The molecule has 0 aliphatic carbocycles. The molecule has 0 unspecified atom stereocenters. The predicted octanol–water partition coefficient (Wildman–Crippen LogP) is 1.95. The first-order chi connectivity index (χ1) is 5.82. The molecular weight excluding hydrogens is 189 g/mol. The zero-order chi connectivity index (χ0) is 10.2. The van der Waals surface area contributed by atoms with Crippen LogP contribution in [0.1, 0.15) is 5.56 Å². The van der Waals surface area contributed by atoms with Crippen LogP contribution >= 0.6 is 0 Å². The van der Waals surface area contributed by atoms with Gasteiger partial charge in [0.15, 0.2) is 5.56 Å². The van der Waals surface area contributed by atoms with Crippen molar-refractivity contribution >= 4 is 5.69 Å². The molecule has 1 heterocycles. The van der Waals surface area contributed by atoms with Crippen molar-refractivity contribution < 1.29 is 18.1 Å². The van der Waals surface area contributed by atoms with Crippen LogP contribution in [0.15, 0.2) is 12.4 Å². The van der Waals surface area contributed by atoms with Gasteiger partial charge in [-0.15, -0.1) is 0 Å². The van der Waals surface area contributed by atoms with Crippen LogP contribution in [0.25, 0.3) is 0 Å². The summed E-state index contributed by atoms with van der Waals surface area (Å²) in [6.45, 7) is 0. The van der Waals surface area contributed by atoms with Crippen molar-refractivity contribution in [3.8, 4) is 0 Å². The first-order valence-electron chi connectivity index (χ1n) is 3.20. The molecule has 72 valence electrons. The highest BCUT2D eigenvalue weighted by atomic mass is 19.4. The number of hydrogen-bond acceptors (Lipinski definition) is 2. The number of halogens is 3. The highest BCUT2D eigenvalue weighted by molar-refractivity contribution is 5.40. The van der Waals surface area contributed by atoms with E-state index < -0.39 is 22.4 Å². The fourth-order valence-electron chi connectivity index (χ4n) is 0.933. The number of hydrogen-bond donors (Lipinski definition) is 0. The van der Waals surface area contributed by atoms with Gasteiger partial charge in [-0.2, -0.15) is 13.2 Å². The lowest BCUT2D eigenvalue weighted by atomic mass is 10.3. The molecule has 0 aromatic carbocycles. The Morgan fingerprint density at radius 1 is 1.46 bits per heavy atom. The van der Waals surface area contributed by atoms with Gasteiger partial charge in [0.2, 0.25) is 0 Å². The van der Waals surface area contributed by atoms with E-state index in [0.717, 1.165) is 10.8 Å². The van der Waals surface area contributed by atoms with E-state index in [9.17, 15) is 23.3 Å². The Morgan fingerprint density at radius 2 is 2.00 bits per heavy atom. The molecule has 1 aromatic rings. The maximum atomic E-state index is 12.1. The van der Waals surface area contributed by atoms with Crippen LogP contribution in [0.2, 0.25) is 0 Å². The molecule has 0 N–H and O–H groups in total. The van der Waals surface area contributed by atoms with Crippen molar-refractivity contribution in [3.05, 3.63) is 28.1 Å². The molecule has 7 heteroatoms. The quantitative estimate of drug-likeness (QED) is 0.506. The summed E-state index contributed by atoms with van der Waals surface area (Å²) in [5.74, 6) is 0. The van der Waals surface area contributed by atoms with E-state index in [1.54, 1.807) is 0 Å². The Morgan fingerprint density at radius 3 is 2.31 bits per heavy atom. The smallest absolute Gasteiger partial charge is 0.351 e. The summed E-state index contributed by atoms with van der Waals surface area (Å²) in [6, 6.07) is 0. The van der Waals surface area contributed by atoms with Crippen molar-refractivity contribution in [2.45, 2.75) is 6.18 Å². The van der Waals surface area contributed by atoms with Crippen molar-refractivity contribution in [1.82, 2.24) is 4.57 Å². The van der Waals surface area contributed by atoms with E-state index >= 15 is 0 Å². The first-order valence-corrected chi connectivity index (χ1v) is 3.20. The second-order valence-corrected chi connectivity index (χ2v) is 2.48. The SMILES string of the molecule is Cn1cc([N+](=O)[O-])c(C(F)(F)F)c1. The molecule has 0 spiro atoms. The van der Waals surface area contributed by atoms with Crippen LogP contribution in [0, 0.1) is 10.1 Å². The average Bonchev–Trinajstić information content (AvgIpc) is 2.29. The number of aryl methyl sites for hydroxylation is 1. The molecule has 0 aliphatic heterocycles. The Bertz CT molecular complexity index is 342. The molecule has 0 bridgehead atoms. The minimum absolute atomic E-state index is 0.679. The van der Waals surface area contributed by atoms with E-state index in [4.69, 9.17) is 0 Å². The van der Waals surface area contributed by atoms with Crippen molar-refractivity contribution in [2.24, 2.45) is 7.05 Å². The number of alkyl halides is 3. The summed E-state index contributed by atoms with van der Waals surface area (Å²) in [7, 11) is 1.29. The molecule has 4 nitrogen and oxygen atoms in total. The lowest BCUT2D eigenvalue weighted by molar-refractivity contribution is -0.387. The van der Waals surface area contributed by atoms with Gasteiger partial charge in [0.25, 0.3) is 5.69 Å². The molecule has 0 amide bonds.